The van der Waals surface area contributed by atoms with Crippen LogP contribution in [-0.4, -0.2) is 11.7 Å². The fourth-order valence-electron chi connectivity index (χ4n) is 2.10. The Morgan fingerprint density at radius 2 is 2.11 bits per heavy atom. The first kappa shape index (κ1) is 15.7. The molecular formula is C14H18BrFN2O. The molecule has 0 bridgehead atoms. The Bertz CT molecular complexity index is 554. The van der Waals surface area contributed by atoms with Gasteiger partial charge in [-0.25, -0.2) is 13.5 Å². The van der Waals surface area contributed by atoms with Crippen molar-refractivity contribution in [2.24, 2.45) is 0 Å². The smallest absolute Gasteiger partial charge is 0.253 e. The summed E-state index contributed by atoms with van der Waals surface area (Å²) in [5.74, 6) is 1.62. The molecule has 5 heteroatoms. The van der Waals surface area contributed by atoms with Crippen LogP contribution >= 0.6 is 0 Å². The SMILES string of the molecule is CCn1cc[n+](Cc2cc(F)ccc2OC)c1C.[Br-]. The molecule has 2 rings (SSSR count). The van der Waals surface area contributed by atoms with Crippen LogP contribution in [0.4, 0.5) is 4.39 Å². The third-order valence-corrected chi connectivity index (χ3v) is 3.18. The minimum absolute atomic E-state index is 0. The summed E-state index contributed by atoms with van der Waals surface area (Å²) in [6, 6.07) is 4.60. The highest BCUT2D eigenvalue weighted by Gasteiger charge is 2.14. The van der Waals surface area contributed by atoms with E-state index < -0.39 is 0 Å². The van der Waals surface area contributed by atoms with Crippen LogP contribution < -0.4 is 26.3 Å². The molecule has 0 spiro atoms. The maximum absolute atomic E-state index is 13.3. The van der Waals surface area contributed by atoms with E-state index in [1.165, 1.54) is 12.1 Å². The molecule has 0 saturated carbocycles. The first-order valence-electron chi connectivity index (χ1n) is 6.03. The molecule has 0 aliphatic carbocycles. The third kappa shape index (κ3) is 3.35. The molecule has 0 amide bonds. The predicted molar refractivity (Wildman–Crippen MR) is 67.1 cm³/mol. The number of rotatable bonds is 4. The first-order valence-corrected chi connectivity index (χ1v) is 6.03. The lowest BCUT2D eigenvalue weighted by Gasteiger charge is -2.07. The number of ether oxygens (including phenoxy) is 1. The average molecular weight is 329 g/mol. The van der Waals surface area contributed by atoms with E-state index >= 15 is 0 Å². The summed E-state index contributed by atoms with van der Waals surface area (Å²) in [5.41, 5.74) is 0.847. The van der Waals surface area contributed by atoms with Crippen molar-refractivity contribution in [1.82, 2.24) is 4.57 Å². The van der Waals surface area contributed by atoms with E-state index in [4.69, 9.17) is 4.74 Å². The summed E-state index contributed by atoms with van der Waals surface area (Å²) < 4.78 is 22.8. The van der Waals surface area contributed by atoms with E-state index in [-0.39, 0.29) is 22.8 Å². The first-order chi connectivity index (χ1) is 8.65. The summed E-state index contributed by atoms with van der Waals surface area (Å²) in [6.07, 6.45) is 4.03. The maximum atomic E-state index is 13.3. The summed E-state index contributed by atoms with van der Waals surface area (Å²) in [7, 11) is 1.60. The number of aromatic nitrogens is 2. The van der Waals surface area contributed by atoms with Crippen molar-refractivity contribution >= 4 is 0 Å². The number of imidazole rings is 1. The third-order valence-electron chi connectivity index (χ3n) is 3.18. The van der Waals surface area contributed by atoms with Crippen LogP contribution in [0.1, 0.15) is 18.3 Å². The monoisotopic (exact) mass is 328 g/mol. The van der Waals surface area contributed by atoms with Gasteiger partial charge in [0.1, 0.15) is 30.5 Å². The largest absolute Gasteiger partial charge is 1.00 e. The minimum Gasteiger partial charge on any atom is -1.00 e. The lowest BCUT2D eigenvalue weighted by atomic mass is 10.2. The second kappa shape index (κ2) is 6.70. The quantitative estimate of drug-likeness (QED) is 0.679. The number of methoxy groups -OCH3 is 1. The van der Waals surface area contributed by atoms with E-state index in [9.17, 15) is 4.39 Å². The van der Waals surface area contributed by atoms with E-state index in [0.717, 1.165) is 17.9 Å². The molecule has 0 radical (unpaired) electrons. The van der Waals surface area contributed by atoms with Crippen LogP contribution in [0.3, 0.4) is 0 Å². The summed E-state index contributed by atoms with van der Waals surface area (Å²) in [5, 5.41) is 0. The van der Waals surface area contributed by atoms with Gasteiger partial charge in [-0.15, -0.1) is 0 Å². The summed E-state index contributed by atoms with van der Waals surface area (Å²) >= 11 is 0. The zero-order valence-corrected chi connectivity index (χ0v) is 12.9. The fraction of sp³-hybridized carbons (Fsp3) is 0.357. The topological polar surface area (TPSA) is 18.0 Å². The zero-order chi connectivity index (χ0) is 13.1. The molecule has 1 aromatic carbocycles. The Hall–Kier alpha value is -1.36. The van der Waals surface area contributed by atoms with Gasteiger partial charge in [0.2, 0.25) is 0 Å². The van der Waals surface area contributed by atoms with Crippen molar-refractivity contribution in [2.75, 3.05) is 7.11 Å². The van der Waals surface area contributed by atoms with Crippen molar-refractivity contribution in [1.29, 1.82) is 0 Å². The highest BCUT2D eigenvalue weighted by molar-refractivity contribution is 5.33. The number of halogens is 2. The van der Waals surface area contributed by atoms with Gasteiger partial charge < -0.3 is 21.7 Å². The molecule has 0 unspecified atom stereocenters. The summed E-state index contributed by atoms with van der Waals surface area (Å²) in [4.78, 5) is 0. The lowest BCUT2D eigenvalue weighted by Crippen LogP contribution is -3.00. The molecule has 0 saturated heterocycles. The Kier molecular flexibility index (Phi) is 5.54. The van der Waals surface area contributed by atoms with Crippen LogP contribution in [0, 0.1) is 12.7 Å². The molecule has 0 fully saturated rings. The molecule has 1 heterocycles. The normalized spacial score (nSPS) is 10.1. The molecular weight excluding hydrogens is 311 g/mol. The Morgan fingerprint density at radius 3 is 2.68 bits per heavy atom. The van der Waals surface area contributed by atoms with E-state index in [1.54, 1.807) is 13.2 Å². The zero-order valence-electron chi connectivity index (χ0n) is 11.4. The number of nitrogens with zero attached hydrogens (tertiary/aromatic N) is 2. The molecule has 2 aromatic rings. The molecule has 0 atom stereocenters. The van der Waals surface area contributed by atoms with E-state index in [2.05, 4.69) is 23.0 Å². The molecule has 0 N–H and O–H groups in total. The van der Waals surface area contributed by atoms with Gasteiger partial charge in [-0.1, -0.05) is 0 Å². The van der Waals surface area contributed by atoms with Gasteiger partial charge in [-0.2, -0.15) is 0 Å². The van der Waals surface area contributed by atoms with Gasteiger partial charge in [0.15, 0.2) is 0 Å². The standard InChI is InChI=1S/C14H18FN2O.BrH/c1-4-16-7-8-17(11(16)2)10-12-9-13(15)5-6-14(12)18-3;/h5-9H,4,10H2,1-3H3;1H/q+1;/p-1. The van der Waals surface area contributed by atoms with Crippen molar-refractivity contribution < 1.29 is 30.7 Å². The van der Waals surface area contributed by atoms with Crippen molar-refractivity contribution in [3.63, 3.8) is 0 Å². The molecule has 0 aliphatic rings. The van der Waals surface area contributed by atoms with Crippen LogP contribution in [0.15, 0.2) is 30.6 Å². The van der Waals surface area contributed by atoms with Gasteiger partial charge in [-0.3, -0.25) is 0 Å². The van der Waals surface area contributed by atoms with Crippen LogP contribution in [0.5, 0.6) is 5.75 Å². The highest BCUT2D eigenvalue weighted by atomic mass is 79.9. The predicted octanol–water partition coefficient (Wildman–Crippen LogP) is -0.696. The number of hydrogen-bond donors (Lipinski definition) is 0. The number of hydrogen-bond acceptors (Lipinski definition) is 1. The molecule has 19 heavy (non-hydrogen) atoms. The van der Waals surface area contributed by atoms with Crippen molar-refractivity contribution in [3.05, 3.63) is 47.8 Å². The molecule has 1 aromatic heterocycles. The number of benzene rings is 1. The second-order valence-corrected chi connectivity index (χ2v) is 4.22. The van der Waals surface area contributed by atoms with Gasteiger partial charge >= 0.3 is 0 Å². The van der Waals surface area contributed by atoms with Crippen LogP contribution in [-0.2, 0) is 13.1 Å². The Labute approximate surface area is 123 Å². The molecule has 104 valence electrons. The van der Waals surface area contributed by atoms with E-state index in [0.29, 0.717) is 12.3 Å². The Balaban J connectivity index is 0.00000180. The van der Waals surface area contributed by atoms with E-state index in [1.807, 2.05) is 12.4 Å². The van der Waals surface area contributed by atoms with Crippen LogP contribution in [0.2, 0.25) is 0 Å². The number of aryl methyl sites for hydroxylation is 1. The van der Waals surface area contributed by atoms with Gasteiger partial charge in [0.05, 0.1) is 13.7 Å². The molecule has 3 nitrogen and oxygen atoms in total. The average Bonchev–Trinajstić information content (AvgIpc) is 2.71. The van der Waals surface area contributed by atoms with Gasteiger partial charge in [-0.05, 0) is 25.1 Å². The van der Waals surface area contributed by atoms with Crippen molar-refractivity contribution in [2.45, 2.75) is 26.9 Å². The van der Waals surface area contributed by atoms with Crippen LogP contribution in [0.25, 0.3) is 0 Å². The second-order valence-electron chi connectivity index (χ2n) is 4.22. The summed E-state index contributed by atoms with van der Waals surface area (Å²) in [6.45, 7) is 5.69. The molecule has 0 aliphatic heterocycles. The maximum Gasteiger partial charge on any atom is 0.253 e. The fourth-order valence-corrected chi connectivity index (χ4v) is 2.10. The highest BCUT2D eigenvalue weighted by Crippen LogP contribution is 2.19. The Morgan fingerprint density at radius 1 is 1.37 bits per heavy atom. The van der Waals surface area contributed by atoms with Gasteiger partial charge in [0, 0.05) is 12.5 Å². The minimum atomic E-state index is -0.237. The van der Waals surface area contributed by atoms with Gasteiger partial charge in [0.25, 0.3) is 5.82 Å². The lowest BCUT2D eigenvalue weighted by molar-refractivity contribution is -0.694. The van der Waals surface area contributed by atoms with Crippen molar-refractivity contribution in [3.8, 4) is 5.75 Å².